The van der Waals surface area contributed by atoms with E-state index in [1.165, 1.54) is 11.2 Å². The Kier molecular flexibility index (Phi) is 5.50. The van der Waals surface area contributed by atoms with E-state index in [1.54, 1.807) is 44.6 Å². The topological polar surface area (TPSA) is 75.5 Å². The zero-order valence-corrected chi connectivity index (χ0v) is 17.4. The normalized spacial score (nSPS) is 17.8. The van der Waals surface area contributed by atoms with Crippen molar-refractivity contribution in [3.63, 3.8) is 0 Å². The first kappa shape index (κ1) is 20.0. The molecule has 2 amide bonds. The predicted octanol–water partition coefficient (Wildman–Crippen LogP) is 1.82. The molecule has 2 aliphatic rings. The number of carbonyl (C=O) groups excluding carboxylic acids is 2. The predicted molar refractivity (Wildman–Crippen MR) is 110 cm³/mol. The Labute approximate surface area is 175 Å². The monoisotopic (exact) mass is 411 g/mol. The van der Waals surface area contributed by atoms with Crippen LogP contribution in [0.25, 0.3) is 5.57 Å². The van der Waals surface area contributed by atoms with Crippen LogP contribution in [-0.4, -0.2) is 74.0 Å². The molecule has 3 heterocycles. The van der Waals surface area contributed by atoms with Crippen molar-refractivity contribution in [1.82, 2.24) is 14.7 Å². The Morgan fingerprint density at radius 1 is 0.967 bits per heavy atom. The number of carbonyl (C=O) groups is 2. The van der Waals surface area contributed by atoms with Gasteiger partial charge in [0.05, 0.1) is 32.6 Å². The lowest BCUT2D eigenvalue weighted by molar-refractivity contribution is -0.138. The van der Waals surface area contributed by atoms with E-state index >= 15 is 0 Å². The molecule has 0 aliphatic carbocycles. The highest BCUT2D eigenvalue weighted by Gasteiger charge is 2.42. The molecule has 1 saturated heterocycles. The molecule has 0 N–H and O–H groups in total. The number of methoxy groups -OCH3 is 2. The van der Waals surface area contributed by atoms with E-state index in [9.17, 15) is 9.59 Å². The number of imide groups is 1. The molecule has 8 heteroatoms. The molecule has 1 aromatic heterocycles. The summed E-state index contributed by atoms with van der Waals surface area (Å²) in [5, 5.41) is 0. The minimum absolute atomic E-state index is 0.0959. The molecule has 2 aromatic rings. The van der Waals surface area contributed by atoms with Crippen molar-refractivity contribution < 1.29 is 23.5 Å². The number of furan rings is 1. The number of rotatable bonds is 6. The van der Waals surface area contributed by atoms with Crippen molar-refractivity contribution >= 4 is 17.4 Å². The van der Waals surface area contributed by atoms with Crippen molar-refractivity contribution in [3.8, 4) is 11.5 Å². The average molecular weight is 411 g/mol. The zero-order chi connectivity index (χ0) is 21.3. The van der Waals surface area contributed by atoms with Gasteiger partial charge < -0.3 is 23.7 Å². The Balaban J connectivity index is 1.77. The molecule has 0 bridgehead atoms. The summed E-state index contributed by atoms with van der Waals surface area (Å²) < 4.78 is 16.1. The first-order valence-electron chi connectivity index (χ1n) is 9.82. The van der Waals surface area contributed by atoms with E-state index in [0.29, 0.717) is 47.2 Å². The highest BCUT2D eigenvalue weighted by atomic mass is 16.5. The van der Waals surface area contributed by atoms with E-state index in [-0.39, 0.29) is 18.4 Å². The first-order chi connectivity index (χ1) is 14.5. The highest BCUT2D eigenvalue weighted by Crippen LogP contribution is 2.37. The van der Waals surface area contributed by atoms with Gasteiger partial charge in [-0.05, 0) is 36.9 Å². The van der Waals surface area contributed by atoms with Crippen LogP contribution in [0.1, 0.15) is 11.3 Å². The molecule has 8 nitrogen and oxygen atoms in total. The standard InChI is InChI=1S/C22H25N3O5/c1-23-8-10-24(11-9-23)20-19(15-6-7-17(28-2)18(13-15)29-3)21(26)25(22(20)27)14-16-5-4-12-30-16/h4-7,12-13H,8-11,14H2,1-3H3. The smallest absolute Gasteiger partial charge is 0.278 e. The van der Waals surface area contributed by atoms with Gasteiger partial charge in [0.1, 0.15) is 11.5 Å². The molecule has 4 rings (SSSR count). The number of benzene rings is 1. The van der Waals surface area contributed by atoms with E-state index in [4.69, 9.17) is 13.9 Å². The number of nitrogens with zero attached hydrogens (tertiary/aromatic N) is 3. The van der Waals surface area contributed by atoms with E-state index in [0.717, 1.165) is 13.1 Å². The van der Waals surface area contributed by atoms with Crippen molar-refractivity contribution in [2.24, 2.45) is 0 Å². The number of likely N-dealkylation sites (N-methyl/N-ethyl adjacent to an activating group) is 1. The van der Waals surface area contributed by atoms with Gasteiger partial charge in [-0.3, -0.25) is 14.5 Å². The van der Waals surface area contributed by atoms with Gasteiger partial charge in [0, 0.05) is 26.2 Å². The Morgan fingerprint density at radius 3 is 2.33 bits per heavy atom. The summed E-state index contributed by atoms with van der Waals surface area (Å²) in [6.07, 6.45) is 1.53. The van der Waals surface area contributed by atoms with Crippen molar-refractivity contribution in [2.45, 2.75) is 6.54 Å². The minimum Gasteiger partial charge on any atom is -0.493 e. The third kappa shape index (κ3) is 3.54. The van der Waals surface area contributed by atoms with Gasteiger partial charge in [-0.1, -0.05) is 6.07 Å². The minimum atomic E-state index is -0.336. The van der Waals surface area contributed by atoms with Crippen LogP contribution in [0.15, 0.2) is 46.7 Å². The van der Waals surface area contributed by atoms with Crippen LogP contribution in [0.4, 0.5) is 0 Å². The van der Waals surface area contributed by atoms with Gasteiger partial charge in [-0.25, -0.2) is 0 Å². The molecule has 0 saturated carbocycles. The van der Waals surface area contributed by atoms with Gasteiger partial charge in [-0.2, -0.15) is 0 Å². The van der Waals surface area contributed by atoms with Crippen molar-refractivity contribution in [3.05, 3.63) is 53.6 Å². The van der Waals surface area contributed by atoms with E-state index in [1.807, 2.05) is 11.9 Å². The fourth-order valence-corrected chi connectivity index (χ4v) is 3.84. The number of ether oxygens (including phenoxy) is 2. The number of piperazine rings is 1. The van der Waals surface area contributed by atoms with Gasteiger partial charge >= 0.3 is 0 Å². The summed E-state index contributed by atoms with van der Waals surface area (Å²) in [6, 6.07) is 8.77. The molecule has 2 aliphatic heterocycles. The van der Waals surface area contributed by atoms with Crippen LogP contribution in [0.3, 0.4) is 0 Å². The second kappa shape index (κ2) is 8.23. The van der Waals surface area contributed by atoms with Gasteiger partial charge in [0.15, 0.2) is 11.5 Å². The quantitative estimate of drug-likeness (QED) is 0.671. The summed E-state index contributed by atoms with van der Waals surface area (Å²) in [5.41, 5.74) is 1.45. The third-order valence-electron chi connectivity index (χ3n) is 5.53. The van der Waals surface area contributed by atoms with Crippen molar-refractivity contribution in [2.75, 3.05) is 47.4 Å². The average Bonchev–Trinajstić information content (AvgIpc) is 3.36. The molecule has 0 radical (unpaired) electrons. The molecule has 158 valence electrons. The van der Waals surface area contributed by atoms with Crippen LogP contribution >= 0.6 is 0 Å². The maximum absolute atomic E-state index is 13.4. The number of hydrogen-bond acceptors (Lipinski definition) is 7. The molecule has 0 atom stereocenters. The SMILES string of the molecule is COc1ccc(C2=C(N3CCN(C)CC3)C(=O)N(Cc3ccco3)C2=O)cc1OC. The van der Waals surface area contributed by atoms with Crippen LogP contribution in [0, 0.1) is 0 Å². The third-order valence-corrected chi connectivity index (χ3v) is 5.53. The lowest BCUT2D eigenvalue weighted by Gasteiger charge is -2.34. The molecule has 0 spiro atoms. The highest BCUT2D eigenvalue weighted by molar-refractivity contribution is 6.35. The molecular formula is C22H25N3O5. The van der Waals surface area contributed by atoms with Gasteiger partial charge in [-0.15, -0.1) is 0 Å². The summed E-state index contributed by atoms with van der Waals surface area (Å²) >= 11 is 0. The summed E-state index contributed by atoms with van der Waals surface area (Å²) in [7, 11) is 5.15. The fraction of sp³-hybridized carbons (Fsp3) is 0.364. The molecule has 30 heavy (non-hydrogen) atoms. The van der Waals surface area contributed by atoms with Gasteiger partial charge in [0.25, 0.3) is 11.8 Å². The van der Waals surface area contributed by atoms with Crippen LogP contribution < -0.4 is 9.47 Å². The van der Waals surface area contributed by atoms with Gasteiger partial charge in [0.2, 0.25) is 0 Å². The van der Waals surface area contributed by atoms with Crippen LogP contribution in [-0.2, 0) is 16.1 Å². The first-order valence-corrected chi connectivity index (χ1v) is 9.82. The van der Waals surface area contributed by atoms with E-state index in [2.05, 4.69) is 4.90 Å². The molecule has 1 fully saturated rings. The lowest BCUT2D eigenvalue weighted by atomic mass is 10.0. The Morgan fingerprint density at radius 2 is 1.70 bits per heavy atom. The van der Waals surface area contributed by atoms with E-state index < -0.39 is 0 Å². The second-order valence-electron chi connectivity index (χ2n) is 7.36. The summed E-state index contributed by atoms with van der Waals surface area (Å²) in [6.45, 7) is 3.09. The molecule has 1 aromatic carbocycles. The summed E-state index contributed by atoms with van der Waals surface area (Å²) in [5.74, 6) is 0.989. The Hall–Kier alpha value is -3.26. The lowest BCUT2D eigenvalue weighted by Crippen LogP contribution is -2.45. The zero-order valence-electron chi connectivity index (χ0n) is 17.4. The Bertz CT molecular complexity index is 975. The molecule has 0 unspecified atom stereocenters. The number of hydrogen-bond donors (Lipinski definition) is 0. The van der Waals surface area contributed by atoms with Crippen LogP contribution in [0.2, 0.25) is 0 Å². The fourth-order valence-electron chi connectivity index (χ4n) is 3.84. The molecular weight excluding hydrogens is 386 g/mol. The maximum Gasteiger partial charge on any atom is 0.278 e. The maximum atomic E-state index is 13.4. The number of amides is 2. The van der Waals surface area contributed by atoms with Crippen molar-refractivity contribution in [1.29, 1.82) is 0 Å². The largest absolute Gasteiger partial charge is 0.493 e. The summed E-state index contributed by atoms with van der Waals surface area (Å²) in [4.78, 5) is 32.2. The second-order valence-corrected chi connectivity index (χ2v) is 7.36. The van der Waals surface area contributed by atoms with Crippen LogP contribution in [0.5, 0.6) is 11.5 Å².